The fourth-order valence-corrected chi connectivity index (χ4v) is 5.82. The Morgan fingerprint density at radius 3 is 2.51 bits per heavy atom. The van der Waals surface area contributed by atoms with Crippen molar-refractivity contribution in [2.75, 3.05) is 20.3 Å². The second-order valence-electron chi connectivity index (χ2n) is 9.53. The summed E-state index contributed by atoms with van der Waals surface area (Å²) in [6, 6.07) is 17.7. The highest BCUT2D eigenvalue weighted by Crippen LogP contribution is 2.38. The van der Waals surface area contributed by atoms with Crippen molar-refractivity contribution in [3.63, 3.8) is 0 Å². The summed E-state index contributed by atoms with van der Waals surface area (Å²) >= 11 is 4.84. The van der Waals surface area contributed by atoms with Crippen molar-refractivity contribution in [3.8, 4) is 17.2 Å². The molecular formula is C31H29BrN4O4S. The maximum Gasteiger partial charge on any atom is 0.283 e. The third-order valence-electron chi connectivity index (χ3n) is 6.43. The standard InChI is InChI=1S/C31H29BrN4O4S/c1-5-20-12-19(3)13-23(14-20)39-10-11-40-27-25(32)16-21(17-26(27)38-4)15-24-28(33)36-31(34-29(24)37)41-30(35-36)22-8-6-18(2)7-9-22/h6-9,12-17,33H,5,10-11H2,1-4H3/b24-15-,33-28?. The smallest absolute Gasteiger partial charge is 0.283 e. The Labute approximate surface area is 251 Å². The van der Waals surface area contributed by atoms with Gasteiger partial charge in [-0.15, -0.1) is 0 Å². The van der Waals surface area contributed by atoms with Crippen LogP contribution in [0.2, 0.25) is 0 Å². The summed E-state index contributed by atoms with van der Waals surface area (Å²) in [6.07, 6.45) is 2.55. The largest absolute Gasteiger partial charge is 0.493 e. The lowest BCUT2D eigenvalue weighted by atomic mass is 10.1. The Morgan fingerprint density at radius 2 is 1.78 bits per heavy atom. The van der Waals surface area contributed by atoms with Gasteiger partial charge in [0.05, 0.1) is 17.2 Å². The minimum atomic E-state index is -0.496. The van der Waals surface area contributed by atoms with Gasteiger partial charge in [0.25, 0.3) is 5.91 Å². The molecule has 10 heteroatoms. The Bertz CT molecular complexity index is 1620. The number of aryl methyl sites for hydroxylation is 3. The van der Waals surface area contributed by atoms with Gasteiger partial charge in [0.2, 0.25) is 5.17 Å². The topological polar surface area (TPSA) is 96.6 Å². The van der Waals surface area contributed by atoms with Crippen LogP contribution in [0, 0.1) is 19.3 Å². The molecule has 0 spiro atoms. The van der Waals surface area contributed by atoms with Crippen LogP contribution in [0.1, 0.15) is 34.7 Å². The summed E-state index contributed by atoms with van der Waals surface area (Å²) in [6.45, 7) is 6.85. The van der Waals surface area contributed by atoms with Gasteiger partial charge in [-0.2, -0.15) is 15.1 Å². The predicted molar refractivity (Wildman–Crippen MR) is 168 cm³/mol. The molecule has 2 aliphatic rings. The van der Waals surface area contributed by atoms with E-state index in [4.69, 9.17) is 19.6 Å². The van der Waals surface area contributed by atoms with Gasteiger partial charge >= 0.3 is 0 Å². The lowest BCUT2D eigenvalue weighted by Crippen LogP contribution is -2.35. The maximum absolute atomic E-state index is 12.9. The van der Waals surface area contributed by atoms with Crippen LogP contribution in [0.4, 0.5) is 0 Å². The fourth-order valence-electron chi connectivity index (χ4n) is 4.35. The molecule has 0 unspecified atom stereocenters. The number of benzene rings is 3. The summed E-state index contributed by atoms with van der Waals surface area (Å²) in [5.41, 5.74) is 5.20. The number of thioether (sulfide) groups is 1. The molecular weight excluding hydrogens is 604 g/mol. The molecule has 2 heterocycles. The highest BCUT2D eigenvalue weighted by Gasteiger charge is 2.36. The van der Waals surface area contributed by atoms with Gasteiger partial charge in [0.1, 0.15) is 24.0 Å². The van der Waals surface area contributed by atoms with E-state index in [1.54, 1.807) is 25.3 Å². The number of fused-ring (bicyclic) bond motifs is 1. The fraction of sp³-hybridized carbons (Fsp3) is 0.226. The zero-order valence-electron chi connectivity index (χ0n) is 23.2. The summed E-state index contributed by atoms with van der Waals surface area (Å²) in [4.78, 5) is 17.1. The summed E-state index contributed by atoms with van der Waals surface area (Å²) in [7, 11) is 1.55. The van der Waals surface area contributed by atoms with Gasteiger partial charge < -0.3 is 14.2 Å². The number of hydrogen-bond donors (Lipinski definition) is 1. The highest BCUT2D eigenvalue weighted by molar-refractivity contribution is 9.10. The lowest BCUT2D eigenvalue weighted by Gasteiger charge is -2.20. The van der Waals surface area contributed by atoms with Crippen LogP contribution < -0.4 is 14.2 Å². The highest BCUT2D eigenvalue weighted by atomic mass is 79.9. The number of hydrazone groups is 1. The zero-order valence-corrected chi connectivity index (χ0v) is 25.6. The minimum absolute atomic E-state index is 0.0374. The number of nitrogens with one attached hydrogen (secondary N) is 1. The van der Waals surface area contributed by atoms with Crippen LogP contribution in [-0.4, -0.2) is 47.3 Å². The summed E-state index contributed by atoms with van der Waals surface area (Å²) in [5.74, 6) is 1.28. The number of methoxy groups -OCH3 is 1. The molecule has 41 heavy (non-hydrogen) atoms. The van der Waals surface area contributed by atoms with Crippen molar-refractivity contribution in [3.05, 3.63) is 92.5 Å². The van der Waals surface area contributed by atoms with Crippen LogP contribution in [-0.2, 0) is 11.2 Å². The SMILES string of the molecule is CCc1cc(C)cc(OCCOc2c(Br)cc(/C=C3/C(=N)N4N=C(c5ccc(C)cc5)SC4=NC3=O)cc2OC)c1. The molecule has 0 radical (unpaired) electrons. The predicted octanol–water partition coefficient (Wildman–Crippen LogP) is 6.76. The van der Waals surface area contributed by atoms with Gasteiger partial charge in [-0.05, 0) is 95.0 Å². The number of amides is 1. The normalized spacial score (nSPS) is 15.5. The second-order valence-corrected chi connectivity index (χ2v) is 11.3. The van der Waals surface area contributed by atoms with Crippen molar-refractivity contribution in [1.29, 1.82) is 5.41 Å². The molecule has 2 aliphatic heterocycles. The first kappa shape index (κ1) is 28.6. The Kier molecular flexibility index (Phi) is 8.60. The van der Waals surface area contributed by atoms with Gasteiger partial charge in [0, 0.05) is 5.56 Å². The molecule has 0 saturated carbocycles. The quantitative estimate of drug-likeness (QED) is 0.207. The van der Waals surface area contributed by atoms with Crippen LogP contribution in [0.15, 0.2) is 74.7 Å². The number of nitrogens with zero attached hydrogens (tertiary/aromatic N) is 3. The molecule has 210 valence electrons. The Morgan fingerprint density at radius 1 is 1.02 bits per heavy atom. The summed E-state index contributed by atoms with van der Waals surface area (Å²) < 4.78 is 18.1. The molecule has 8 nitrogen and oxygen atoms in total. The van der Waals surface area contributed by atoms with E-state index in [0.717, 1.165) is 28.9 Å². The van der Waals surface area contributed by atoms with E-state index in [1.807, 2.05) is 43.3 Å². The van der Waals surface area contributed by atoms with Gasteiger partial charge in [0.15, 0.2) is 17.3 Å². The average molecular weight is 634 g/mol. The van der Waals surface area contributed by atoms with Crippen molar-refractivity contribution in [1.82, 2.24) is 5.01 Å². The number of rotatable bonds is 9. The second kappa shape index (κ2) is 12.3. The molecule has 5 rings (SSSR count). The number of carbonyl (C=O) groups is 1. The third kappa shape index (κ3) is 6.39. The first-order valence-corrected chi connectivity index (χ1v) is 14.7. The maximum atomic E-state index is 12.9. The van der Waals surface area contributed by atoms with E-state index in [2.05, 4.69) is 45.9 Å². The van der Waals surface area contributed by atoms with E-state index < -0.39 is 5.91 Å². The van der Waals surface area contributed by atoms with Crippen LogP contribution in [0.5, 0.6) is 17.2 Å². The van der Waals surface area contributed by atoms with E-state index in [0.29, 0.717) is 45.0 Å². The van der Waals surface area contributed by atoms with Crippen molar-refractivity contribution < 1.29 is 19.0 Å². The van der Waals surface area contributed by atoms with E-state index in [1.165, 1.54) is 22.3 Å². The molecule has 0 atom stereocenters. The number of aliphatic imine (C=N–C) groups is 1. The van der Waals surface area contributed by atoms with Crippen LogP contribution >= 0.6 is 27.7 Å². The molecule has 0 aromatic heterocycles. The average Bonchev–Trinajstić information content (AvgIpc) is 3.38. The molecule has 1 N–H and O–H groups in total. The summed E-state index contributed by atoms with van der Waals surface area (Å²) in [5, 5.41) is 15.7. The number of halogens is 1. The molecule has 0 saturated heterocycles. The minimum Gasteiger partial charge on any atom is -0.493 e. The lowest BCUT2D eigenvalue weighted by molar-refractivity contribution is -0.114. The zero-order chi connectivity index (χ0) is 29.1. The molecule has 0 fully saturated rings. The van der Waals surface area contributed by atoms with Crippen LogP contribution in [0.3, 0.4) is 0 Å². The number of carbonyl (C=O) groups excluding carboxylic acids is 1. The first-order chi connectivity index (χ1) is 19.7. The Hall–Kier alpha value is -3.89. The Balaban J connectivity index is 1.30. The monoisotopic (exact) mass is 632 g/mol. The first-order valence-electron chi connectivity index (χ1n) is 13.1. The van der Waals surface area contributed by atoms with Gasteiger partial charge in [-0.1, -0.05) is 42.8 Å². The molecule has 3 aromatic rings. The molecule has 0 bridgehead atoms. The van der Waals surface area contributed by atoms with Crippen molar-refractivity contribution in [2.24, 2.45) is 10.1 Å². The number of ether oxygens (including phenoxy) is 3. The molecule has 3 aromatic carbocycles. The number of amidine groups is 2. The van der Waals surface area contributed by atoms with Crippen molar-refractivity contribution >= 4 is 55.7 Å². The van der Waals surface area contributed by atoms with Gasteiger partial charge in [-0.3, -0.25) is 10.2 Å². The molecule has 1 amide bonds. The van der Waals surface area contributed by atoms with Crippen molar-refractivity contribution in [2.45, 2.75) is 27.2 Å². The third-order valence-corrected chi connectivity index (χ3v) is 7.98. The van der Waals surface area contributed by atoms with Gasteiger partial charge in [-0.25, -0.2) is 0 Å². The van der Waals surface area contributed by atoms with Crippen LogP contribution in [0.25, 0.3) is 6.08 Å². The molecule has 0 aliphatic carbocycles. The number of hydrogen-bond acceptors (Lipinski definition) is 7. The van der Waals surface area contributed by atoms with E-state index in [-0.39, 0.29) is 11.4 Å². The van der Waals surface area contributed by atoms with E-state index >= 15 is 0 Å². The van der Waals surface area contributed by atoms with E-state index in [9.17, 15) is 4.79 Å².